The third-order valence-electron chi connectivity index (χ3n) is 3.72. The van der Waals surface area contributed by atoms with Crippen molar-refractivity contribution in [1.82, 2.24) is 10.3 Å². The van der Waals surface area contributed by atoms with Crippen molar-refractivity contribution in [2.75, 3.05) is 7.11 Å². The monoisotopic (exact) mass is 318 g/mol. The van der Waals surface area contributed by atoms with Crippen LogP contribution in [0.3, 0.4) is 0 Å². The number of ether oxygens (including phenoxy) is 1. The Morgan fingerprint density at radius 2 is 2.00 bits per heavy atom. The molecule has 0 saturated carbocycles. The lowest BCUT2D eigenvalue weighted by molar-refractivity contribution is 0.184. The van der Waals surface area contributed by atoms with E-state index in [9.17, 15) is 0 Å². The van der Waals surface area contributed by atoms with Gasteiger partial charge in [0.2, 0.25) is 0 Å². The summed E-state index contributed by atoms with van der Waals surface area (Å²) < 4.78 is 5.13. The van der Waals surface area contributed by atoms with E-state index in [-0.39, 0.29) is 5.41 Å². The van der Waals surface area contributed by atoms with Gasteiger partial charge < -0.3 is 10.1 Å². The largest absolute Gasteiger partial charge is 0.378 e. The second-order valence-corrected chi connectivity index (χ2v) is 7.64. The number of benzene rings is 1. The molecule has 0 fully saturated rings. The summed E-state index contributed by atoms with van der Waals surface area (Å²) in [5, 5.41) is 6.83. The van der Waals surface area contributed by atoms with E-state index in [0.29, 0.717) is 12.6 Å². The van der Waals surface area contributed by atoms with Crippen molar-refractivity contribution in [3.8, 4) is 0 Å². The molecular formula is C18H26N2OS. The second kappa shape index (κ2) is 7.36. The number of nitrogens with zero attached hydrogens (tertiary/aromatic N) is 1. The van der Waals surface area contributed by atoms with Crippen LogP contribution in [0.15, 0.2) is 29.6 Å². The molecule has 2 rings (SSSR count). The molecule has 1 aromatic carbocycles. The first-order valence-electron chi connectivity index (χ1n) is 7.63. The number of rotatable bonds is 6. The lowest BCUT2D eigenvalue weighted by atomic mass is 9.81. The molecule has 22 heavy (non-hydrogen) atoms. The predicted molar refractivity (Wildman–Crippen MR) is 93.0 cm³/mol. The number of aromatic nitrogens is 1. The molecule has 0 aliphatic rings. The van der Waals surface area contributed by atoms with Crippen molar-refractivity contribution in [3.63, 3.8) is 0 Å². The smallest absolute Gasteiger partial charge is 0.119 e. The van der Waals surface area contributed by atoms with Crippen LogP contribution in [0.4, 0.5) is 0 Å². The predicted octanol–water partition coefficient (Wildman–Crippen LogP) is 4.47. The molecule has 120 valence electrons. The van der Waals surface area contributed by atoms with Crippen LogP contribution in [0.1, 0.15) is 48.6 Å². The molecule has 0 amide bonds. The quantitative estimate of drug-likeness (QED) is 0.853. The first kappa shape index (κ1) is 17.1. The Balaban J connectivity index is 2.12. The van der Waals surface area contributed by atoms with Gasteiger partial charge in [-0.25, -0.2) is 4.98 Å². The van der Waals surface area contributed by atoms with E-state index in [2.05, 4.69) is 67.6 Å². The van der Waals surface area contributed by atoms with E-state index in [1.165, 1.54) is 11.1 Å². The zero-order chi connectivity index (χ0) is 16.2. The summed E-state index contributed by atoms with van der Waals surface area (Å²) in [4.78, 5) is 4.60. The Bertz CT molecular complexity index is 601. The van der Waals surface area contributed by atoms with Gasteiger partial charge in [-0.15, -0.1) is 11.3 Å². The second-order valence-electron chi connectivity index (χ2n) is 6.70. The zero-order valence-corrected chi connectivity index (χ0v) is 15.0. The van der Waals surface area contributed by atoms with Gasteiger partial charge in [-0.2, -0.15) is 0 Å². The number of aryl methyl sites for hydroxylation is 1. The van der Waals surface area contributed by atoms with Crippen LogP contribution >= 0.6 is 11.3 Å². The zero-order valence-electron chi connectivity index (χ0n) is 14.1. The number of hydrogen-bond donors (Lipinski definition) is 1. The van der Waals surface area contributed by atoms with Crippen molar-refractivity contribution < 1.29 is 4.74 Å². The van der Waals surface area contributed by atoms with Crippen LogP contribution in [0, 0.1) is 12.3 Å². The minimum atomic E-state index is 0.136. The number of thiazole rings is 1. The maximum Gasteiger partial charge on any atom is 0.119 e. The van der Waals surface area contributed by atoms with Crippen LogP contribution in [-0.2, 0) is 17.9 Å². The van der Waals surface area contributed by atoms with Gasteiger partial charge in [0.15, 0.2) is 0 Å². The standard InChI is InChI=1S/C18H26N2OS/c1-13-8-6-7-9-15(13)17(18(2,3)4)19-10-14-12-22-16(20-14)11-21-5/h6-9,12,17,19H,10-11H2,1-5H3. The molecular weight excluding hydrogens is 292 g/mol. The van der Waals surface area contributed by atoms with Gasteiger partial charge in [0.1, 0.15) is 5.01 Å². The highest BCUT2D eigenvalue weighted by molar-refractivity contribution is 7.09. The van der Waals surface area contributed by atoms with E-state index in [1.54, 1.807) is 18.4 Å². The maximum atomic E-state index is 5.13. The Morgan fingerprint density at radius 1 is 1.27 bits per heavy atom. The van der Waals surface area contributed by atoms with Crippen molar-refractivity contribution >= 4 is 11.3 Å². The highest BCUT2D eigenvalue weighted by atomic mass is 32.1. The third kappa shape index (κ3) is 4.38. The molecule has 1 heterocycles. The van der Waals surface area contributed by atoms with Crippen LogP contribution in [0.25, 0.3) is 0 Å². The molecule has 0 bridgehead atoms. The summed E-state index contributed by atoms with van der Waals surface area (Å²) in [5.74, 6) is 0. The van der Waals surface area contributed by atoms with E-state index in [4.69, 9.17) is 4.74 Å². The van der Waals surface area contributed by atoms with Crippen molar-refractivity contribution in [3.05, 3.63) is 51.5 Å². The fourth-order valence-electron chi connectivity index (χ4n) is 2.62. The van der Waals surface area contributed by atoms with Gasteiger partial charge in [-0.3, -0.25) is 0 Å². The minimum Gasteiger partial charge on any atom is -0.378 e. The third-order valence-corrected chi connectivity index (χ3v) is 4.59. The Hall–Kier alpha value is -1.23. The summed E-state index contributed by atoms with van der Waals surface area (Å²) in [6.45, 7) is 10.4. The summed E-state index contributed by atoms with van der Waals surface area (Å²) in [6.07, 6.45) is 0. The van der Waals surface area contributed by atoms with Crippen LogP contribution in [0.5, 0.6) is 0 Å². The molecule has 1 N–H and O–H groups in total. The number of nitrogens with one attached hydrogen (secondary N) is 1. The minimum absolute atomic E-state index is 0.136. The average Bonchev–Trinajstić information content (AvgIpc) is 2.88. The Morgan fingerprint density at radius 3 is 2.64 bits per heavy atom. The lowest BCUT2D eigenvalue weighted by Gasteiger charge is -2.33. The summed E-state index contributed by atoms with van der Waals surface area (Å²) in [5.41, 5.74) is 3.91. The molecule has 3 nitrogen and oxygen atoms in total. The van der Waals surface area contributed by atoms with E-state index < -0.39 is 0 Å². The van der Waals surface area contributed by atoms with Gasteiger partial charge in [-0.05, 0) is 23.5 Å². The molecule has 0 spiro atoms. The molecule has 4 heteroatoms. The summed E-state index contributed by atoms with van der Waals surface area (Å²) >= 11 is 1.66. The molecule has 1 atom stereocenters. The first-order chi connectivity index (χ1) is 10.4. The van der Waals surface area contributed by atoms with Crippen LogP contribution in [-0.4, -0.2) is 12.1 Å². The number of hydrogen-bond acceptors (Lipinski definition) is 4. The Labute approximate surface area is 137 Å². The van der Waals surface area contributed by atoms with Gasteiger partial charge in [0.25, 0.3) is 0 Å². The van der Waals surface area contributed by atoms with Crippen LogP contribution in [0.2, 0.25) is 0 Å². The van der Waals surface area contributed by atoms with Crippen molar-refractivity contribution in [2.24, 2.45) is 5.41 Å². The molecule has 1 unspecified atom stereocenters. The SMILES string of the molecule is COCc1nc(CNC(c2ccccc2C)C(C)(C)C)cs1. The van der Waals surface area contributed by atoms with Crippen molar-refractivity contribution in [1.29, 1.82) is 0 Å². The topological polar surface area (TPSA) is 34.1 Å². The molecule has 0 aliphatic carbocycles. The van der Waals surface area contributed by atoms with Gasteiger partial charge in [-0.1, -0.05) is 45.0 Å². The molecule has 0 aliphatic heterocycles. The fraction of sp³-hybridized carbons (Fsp3) is 0.500. The van der Waals surface area contributed by atoms with Crippen molar-refractivity contribution in [2.45, 2.75) is 46.9 Å². The van der Waals surface area contributed by atoms with Crippen LogP contribution < -0.4 is 5.32 Å². The normalized spacial score (nSPS) is 13.3. The lowest BCUT2D eigenvalue weighted by Crippen LogP contribution is -2.32. The average molecular weight is 318 g/mol. The molecule has 2 aromatic rings. The highest BCUT2D eigenvalue weighted by Gasteiger charge is 2.27. The van der Waals surface area contributed by atoms with Gasteiger partial charge in [0, 0.05) is 25.1 Å². The summed E-state index contributed by atoms with van der Waals surface area (Å²) in [7, 11) is 1.70. The Kier molecular flexibility index (Phi) is 5.73. The first-order valence-corrected chi connectivity index (χ1v) is 8.51. The summed E-state index contributed by atoms with van der Waals surface area (Å²) in [6, 6.07) is 8.89. The van der Waals surface area contributed by atoms with E-state index in [0.717, 1.165) is 17.2 Å². The maximum absolute atomic E-state index is 5.13. The molecule has 1 aromatic heterocycles. The van der Waals surface area contributed by atoms with E-state index in [1.807, 2.05) is 0 Å². The molecule has 0 saturated heterocycles. The van der Waals surface area contributed by atoms with E-state index >= 15 is 0 Å². The van der Waals surface area contributed by atoms with Gasteiger partial charge >= 0.3 is 0 Å². The highest BCUT2D eigenvalue weighted by Crippen LogP contribution is 2.34. The van der Waals surface area contributed by atoms with Gasteiger partial charge in [0.05, 0.1) is 12.3 Å². The fourth-order valence-corrected chi connectivity index (χ4v) is 3.38. The molecule has 0 radical (unpaired) electrons. The number of methoxy groups -OCH3 is 1.